The van der Waals surface area contributed by atoms with Crippen LogP contribution in [0, 0.1) is 24.6 Å². The number of carbonyl (C=O) groups is 1. The lowest BCUT2D eigenvalue weighted by Gasteiger charge is -2.35. The highest BCUT2D eigenvalue weighted by molar-refractivity contribution is 6.07. The molecular weight excluding hydrogens is 345 g/mol. The van der Waals surface area contributed by atoms with E-state index in [4.69, 9.17) is 4.52 Å². The largest absolute Gasteiger partial charge is 0.338 e. The Morgan fingerprint density at radius 1 is 1.22 bits per heavy atom. The van der Waals surface area contributed by atoms with Crippen LogP contribution in [0.25, 0.3) is 22.4 Å². The van der Waals surface area contributed by atoms with Gasteiger partial charge in [-0.3, -0.25) is 4.79 Å². The zero-order valence-electron chi connectivity index (χ0n) is 15.7. The molecule has 2 aromatic heterocycles. The summed E-state index contributed by atoms with van der Waals surface area (Å²) in [5, 5.41) is 4.57. The minimum atomic E-state index is -0.390. The van der Waals surface area contributed by atoms with E-state index >= 15 is 0 Å². The Kier molecular flexibility index (Phi) is 4.42. The number of aromatic nitrogens is 2. The summed E-state index contributed by atoms with van der Waals surface area (Å²) in [5.74, 6) is 0.429. The molecular formula is C21H22FN3O2. The summed E-state index contributed by atoms with van der Waals surface area (Å²) >= 11 is 0. The first-order valence-corrected chi connectivity index (χ1v) is 9.25. The number of amides is 1. The van der Waals surface area contributed by atoms with Crippen LogP contribution in [-0.4, -0.2) is 34.0 Å². The Hall–Kier alpha value is -2.76. The number of pyridine rings is 1. The van der Waals surface area contributed by atoms with Gasteiger partial charge in [-0.2, -0.15) is 0 Å². The predicted octanol–water partition coefficient (Wildman–Crippen LogP) is 4.46. The number of rotatable bonds is 2. The quantitative estimate of drug-likeness (QED) is 0.671. The second-order valence-electron chi connectivity index (χ2n) is 7.64. The Morgan fingerprint density at radius 2 is 1.93 bits per heavy atom. The van der Waals surface area contributed by atoms with Gasteiger partial charge in [0.25, 0.3) is 11.6 Å². The molecule has 2 atom stereocenters. The molecule has 4 rings (SSSR count). The third-order valence-electron chi connectivity index (χ3n) is 5.15. The van der Waals surface area contributed by atoms with Crippen molar-refractivity contribution in [1.29, 1.82) is 0 Å². The van der Waals surface area contributed by atoms with Gasteiger partial charge in [-0.15, -0.1) is 0 Å². The van der Waals surface area contributed by atoms with Crippen LogP contribution < -0.4 is 0 Å². The van der Waals surface area contributed by atoms with Gasteiger partial charge in [0.15, 0.2) is 0 Å². The third-order valence-corrected chi connectivity index (χ3v) is 5.15. The molecule has 140 valence electrons. The number of likely N-dealkylation sites (tertiary alicyclic amines) is 1. The molecule has 1 amide bonds. The lowest BCUT2D eigenvalue weighted by atomic mass is 9.91. The molecule has 0 N–H and O–H groups in total. The Labute approximate surface area is 157 Å². The standard InChI is InChI=1S/C21H22FN3O2/c1-12-8-13(2)11-25(10-12)21(26)16-9-18(15-6-4-5-7-17(15)22)23-20-19(16)14(3)24-27-20/h4-7,9,12-13H,8,10-11H2,1-3H3. The van der Waals surface area contributed by atoms with Crippen molar-refractivity contribution in [2.75, 3.05) is 13.1 Å². The van der Waals surface area contributed by atoms with Crippen molar-refractivity contribution in [2.24, 2.45) is 11.8 Å². The van der Waals surface area contributed by atoms with E-state index < -0.39 is 0 Å². The Bertz CT molecular complexity index is 1000. The fourth-order valence-corrected chi connectivity index (χ4v) is 4.07. The van der Waals surface area contributed by atoms with E-state index in [2.05, 4.69) is 24.0 Å². The van der Waals surface area contributed by atoms with E-state index in [-0.39, 0.29) is 17.4 Å². The first kappa shape index (κ1) is 17.6. The Balaban J connectivity index is 1.85. The van der Waals surface area contributed by atoms with E-state index in [9.17, 15) is 9.18 Å². The summed E-state index contributed by atoms with van der Waals surface area (Å²) in [6.07, 6.45) is 1.11. The average molecular weight is 367 g/mol. The van der Waals surface area contributed by atoms with Crippen molar-refractivity contribution in [1.82, 2.24) is 15.0 Å². The van der Waals surface area contributed by atoms with Crippen LogP contribution in [0.3, 0.4) is 0 Å². The molecule has 1 aromatic carbocycles. The van der Waals surface area contributed by atoms with Crippen molar-refractivity contribution in [3.05, 3.63) is 47.4 Å². The zero-order valence-corrected chi connectivity index (χ0v) is 15.7. The number of halogens is 1. The first-order chi connectivity index (χ1) is 12.9. The van der Waals surface area contributed by atoms with Gasteiger partial charge in [-0.25, -0.2) is 9.37 Å². The number of hydrogen-bond donors (Lipinski definition) is 0. The maximum absolute atomic E-state index is 14.3. The number of fused-ring (bicyclic) bond motifs is 1. The molecule has 1 aliphatic heterocycles. The van der Waals surface area contributed by atoms with Gasteiger partial charge in [0.2, 0.25) is 0 Å². The van der Waals surface area contributed by atoms with E-state index in [1.165, 1.54) is 6.07 Å². The molecule has 0 aliphatic carbocycles. The van der Waals surface area contributed by atoms with Gasteiger partial charge in [0, 0.05) is 18.7 Å². The molecule has 1 fully saturated rings. The third kappa shape index (κ3) is 3.20. The number of aryl methyl sites for hydroxylation is 1. The molecule has 27 heavy (non-hydrogen) atoms. The second-order valence-corrected chi connectivity index (χ2v) is 7.64. The predicted molar refractivity (Wildman–Crippen MR) is 101 cm³/mol. The van der Waals surface area contributed by atoms with Crippen LogP contribution in [-0.2, 0) is 0 Å². The van der Waals surface area contributed by atoms with Gasteiger partial charge in [-0.05, 0) is 43.4 Å². The Morgan fingerprint density at radius 3 is 2.63 bits per heavy atom. The fourth-order valence-electron chi connectivity index (χ4n) is 4.07. The summed E-state index contributed by atoms with van der Waals surface area (Å²) in [7, 11) is 0. The highest BCUT2D eigenvalue weighted by atomic mass is 19.1. The van der Waals surface area contributed by atoms with E-state index in [1.54, 1.807) is 31.2 Å². The molecule has 6 heteroatoms. The maximum Gasteiger partial charge on any atom is 0.259 e. The van der Waals surface area contributed by atoms with Gasteiger partial charge in [-0.1, -0.05) is 31.1 Å². The van der Waals surface area contributed by atoms with Crippen molar-refractivity contribution in [3.8, 4) is 11.3 Å². The van der Waals surface area contributed by atoms with E-state index in [0.717, 1.165) is 6.42 Å². The van der Waals surface area contributed by atoms with Crippen LogP contribution in [0.4, 0.5) is 4.39 Å². The van der Waals surface area contributed by atoms with Gasteiger partial charge >= 0.3 is 0 Å². The number of nitrogens with zero attached hydrogens (tertiary/aromatic N) is 3. The van der Waals surface area contributed by atoms with E-state index in [1.807, 2.05) is 4.90 Å². The molecule has 0 saturated carbocycles. The topological polar surface area (TPSA) is 59.2 Å². The smallest absolute Gasteiger partial charge is 0.259 e. The summed E-state index contributed by atoms with van der Waals surface area (Å²) in [5.41, 5.74) is 2.05. The van der Waals surface area contributed by atoms with Gasteiger partial charge < -0.3 is 9.42 Å². The molecule has 0 spiro atoms. The van der Waals surface area contributed by atoms with Crippen molar-refractivity contribution < 1.29 is 13.7 Å². The highest BCUT2D eigenvalue weighted by Crippen LogP contribution is 2.30. The minimum absolute atomic E-state index is 0.0790. The monoisotopic (exact) mass is 367 g/mol. The molecule has 1 saturated heterocycles. The summed E-state index contributed by atoms with van der Waals surface area (Å²) < 4.78 is 19.6. The maximum atomic E-state index is 14.3. The van der Waals surface area contributed by atoms with Crippen LogP contribution in [0.1, 0.15) is 36.3 Å². The lowest BCUT2D eigenvalue weighted by molar-refractivity contribution is 0.0625. The van der Waals surface area contributed by atoms with Crippen molar-refractivity contribution >= 4 is 17.0 Å². The molecule has 0 radical (unpaired) electrons. The number of benzene rings is 1. The molecule has 5 nitrogen and oxygen atoms in total. The normalized spacial score (nSPS) is 20.2. The van der Waals surface area contributed by atoms with Crippen LogP contribution >= 0.6 is 0 Å². The molecule has 3 aromatic rings. The van der Waals surface area contributed by atoms with Crippen molar-refractivity contribution in [2.45, 2.75) is 27.2 Å². The molecule has 1 aliphatic rings. The summed E-state index contributed by atoms with van der Waals surface area (Å²) in [6.45, 7) is 7.54. The van der Waals surface area contributed by atoms with E-state index in [0.29, 0.717) is 52.8 Å². The summed E-state index contributed by atoms with van der Waals surface area (Å²) in [4.78, 5) is 19.6. The minimum Gasteiger partial charge on any atom is -0.338 e. The SMILES string of the molecule is Cc1noc2nc(-c3ccccc3F)cc(C(=O)N3CC(C)CC(C)C3)c12. The fraction of sp³-hybridized carbons (Fsp3) is 0.381. The van der Waals surface area contributed by atoms with Gasteiger partial charge in [0.05, 0.1) is 22.3 Å². The lowest BCUT2D eigenvalue weighted by Crippen LogP contribution is -2.42. The first-order valence-electron chi connectivity index (χ1n) is 9.25. The number of hydrogen-bond acceptors (Lipinski definition) is 4. The molecule has 3 heterocycles. The number of carbonyl (C=O) groups excluding carboxylic acids is 1. The molecule has 0 bridgehead atoms. The zero-order chi connectivity index (χ0) is 19.1. The molecule has 2 unspecified atom stereocenters. The average Bonchev–Trinajstić information content (AvgIpc) is 3.01. The van der Waals surface area contributed by atoms with Crippen LogP contribution in [0.2, 0.25) is 0 Å². The number of piperidine rings is 1. The summed E-state index contributed by atoms with van der Waals surface area (Å²) in [6, 6.07) is 8.05. The highest BCUT2D eigenvalue weighted by Gasteiger charge is 2.29. The van der Waals surface area contributed by atoms with Crippen LogP contribution in [0.5, 0.6) is 0 Å². The second kappa shape index (κ2) is 6.76. The van der Waals surface area contributed by atoms with Crippen molar-refractivity contribution in [3.63, 3.8) is 0 Å². The van der Waals surface area contributed by atoms with Crippen LogP contribution in [0.15, 0.2) is 34.9 Å². The van der Waals surface area contributed by atoms with Gasteiger partial charge in [0.1, 0.15) is 5.82 Å².